The molecule has 1 saturated heterocycles. The summed E-state index contributed by atoms with van der Waals surface area (Å²) in [6.07, 6.45) is 2.37. The minimum atomic E-state index is -0.487. The number of carbonyl (C=O) groups excluding carboxylic acids is 1. The van der Waals surface area contributed by atoms with E-state index in [0.717, 1.165) is 19.0 Å². The first kappa shape index (κ1) is 16.3. The van der Waals surface area contributed by atoms with Gasteiger partial charge in [0.2, 0.25) is 0 Å². The molecular formula is C15H23FN4O2. The number of rotatable bonds is 2. The number of anilines is 2. The van der Waals surface area contributed by atoms with E-state index >= 15 is 0 Å². The Hall–Kier alpha value is -2.05. The van der Waals surface area contributed by atoms with Gasteiger partial charge in [0.25, 0.3) is 0 Å². The van der Waals surface area contributed by atoms with E-state index in [-0.39, 0.29) is 17.8 Å². The van der Waals surface area contributed by atoms with Crippen molar-refractivity contribution in [1.82, 2.24) is 9.88 Å². The van der Waals surface area contributed by atoms with Crippen LogP contribution in [0.4, 0.5) is 20.7 Å². The monoisotopic (exact) mass is 310 g/mol. The van der Waals surface area contributed by atoms with E-state index in [9.17, 15) is 9.18 Å². The average molecular weight is 310 g/mol. The molecule has 0 saturated carbocycles. The van der Waals surface area contributed by atoms with Gasteiger partial charge in [-0.05, 0) is 33.6 Å². The maximum Gasteiger partial charge on any atom is 0.410 e. The van der Waals surface area contributed by atoms with Gasteiger partial charge in [-0.15, -0.1) is 0 Å². The summed E-state index contributed by atoms with van der Waals surface area (Å²) in [6, 6.07) is 1.39. The van der Waals surface area contributed by atoms with Crippen molar-refractivity contribution < 1.29 is 13.9 Å². The highest BCUT2D eigenvalue weighted by atomic mass is 19.1. The van der Waals surface area contributed by atoms with E-state index in [1.54, 1.807) is 4.90 Å². The van der Waals surface area contributed by atoms with E-state index in [1.807, 2.05) is 20.8 Å². The molecule has 2 heterocycles. The van der Waals surface area contributed by atoms with Crippen LogP contribution in [-0.4, -0.2) is 40.7 Å². The molecule has 6 nitrogen and oxygen atoms in total. The van der Waals surface area contributed by atoms with Crippen molar-refractivity contribution in [3.05, 3.63) is 18.1 Å². The Bertz CT molecular complexity index is 537. The van der Waals surface area contributed by atoms with Crippen molar-refractivity contribution in [2.24, 2.45) is 0 Å². The lowest BCUT2D eigenvalue weighted by Crippen LogP contribution is -2.44. The van der Waals surface area contributed by atoms with Gasteiger partial charge in [0.05, 0.1) is 11.9 Å². The molecule has 122 valence electrons. The van der Waals surface area contributed by atoms with Gasteiger partial charge in [0.15, 0.2) is 0 Å². The van der Waals surface area contributed by atoms with Gasteiger partial charge < -0.3 is 20.7 Å². The third kappa shape index (κ3) is 4.47. The summed E-state index contributed by atoms with van der Waals surface area (Å²) in [5.74, 6) is 0.0277. The van der Waals surface area contributed by atoms with Crippen LogP contribution in [0.2, 0.25) is 0 Å². The quantitative estimate of drug-likeness (QED) is 0.877. The largest absolute Gasteiger partial charge is 0.444 e. The molecule has 1 amide bonds. The number of hydrogen-bond acceptors (Lipinski definition) is 5. The lowest BCUT2D eigenvalue weighted by molar-refractivity contribution is 0.0210. The number of nitrogens with two attached hydrogens (primary N) is 1. The van der Waals surface area contributed by atoms with E-state index in [0.29, 0.717) is 18.9 Å². The molecule has 0 spiro atoms. The number of nitrogen functional groups attached to an aromatic ring is 1. The first-order chi connectivity index (χ1) is 10.2. The number of aromatic nitrogens is 1. The Morgan fingerprint density at radius 2 is 2.09 bits per heavy atom. The van der Waals surface area contributed by atoms with Crippen molar-refractivity contribution in [3.63, 3.8) is 0 Å². The topological polar surface area (TPSA) is 80.5 Å². The number of likely N-dealkylation sites (tertiary alicyclic amines) is 1. The van der Waals surface area contributed by atoms with Crippen LogP contribution < -0.4 is 11.1 Å². The van der Waals surface area contributed by atoms with Crippen molar-refractivity contribution >= 4 is 17.6 Å². The van der Waals surface area contributed by atoms with Gasteiger partial charge >= 0.3 is 6.09 Å². The summed E-state index contributed by atoms with van der Waals surface area (Å²) in [6.45, 7) is 6.76. The first-order valence-electron chi connectivity index (χ1n) is 7.40. The number of carbonyl (C=O) groups is 1. The molecule has 0 bridgehead atoms. The number of nitrogens with one attached hydrogen (secondary N) is 1. The summed E-state index contributed by atoms with van der Waals surface area (Å²) in [5.41, 5.74) is 5.53. The number of halogens is 1. The van der Waals surface area contributed by atoms with Crippen LogP contribution in [-0.2, 0) is 4.74 Å². The third-order valence-corrected chi connectivity index (χ3v) is 3.37. The first-order valence-corrected chi connectivity index (χ1v) is 7.40. The molecule has 2 rings (SSSR count). The standard InChI is InChI=1S/C15H23FN4O2/c1-15(2,3)22-14(21)20-6-4-11(5-7-20)19-13-12(17)8-10(16)9-18-13/h8-9,11H,4-7,17H2,1-3H3,(H,18,19). The van der Waals surface area contributed by atoms with Gasteiger partial charge in [0.1, 0.15) is 17.2 Å². The second-order valence-electron chi connectivity index (χ2n) is 6.48. The average Bonchev–Trinajstić information content (AvgIpc) is 2.41. The highest BCUT2D eigenvalue weighted by Crippen LogP contribution is 2.21. The number of hydrogen-bond donors (Lipinski definition) is 2. The Kier molecular flexibility index (Phi) is 4.73. The fraction of sp³-hybridized carbons (Fsp3) is 0.600. The Morgan fingerprint density at radius 1 is 1.45 bits per heavy atom. The number of nitrogens with zero attached hydrogens (tertiary/aromatic N) is 2. The van der Waals surface area contributed by atoms with Crippen molar-refractivity contribution in [2.45, 2.75) is 45.3 Å². The molecule has 3 N–H and O–H groups in total. The minimum absolute atomic E-state index is 0.152. The number of amides is 1. The highest BCUT2D eigenvalue weighted by Gasteiger charge is 2.27. The summed E-state index contributed by atoms with van der Waals surface area (Å²) >= 11 is 0. The predicted octanol–water partition coefficient (Wildman–Crippen LogP) is 2.61. The molecule has 0 aromatic carbocycles. The molecule has 1 aliphatic heterocycles. The van der Waals surface area contributed by atoms with E-state index in [1.165, 1.54) is 6.07 Å². The van der Waals surface area contributed by atoms with Crippen LogP contribution in [0, 0.1) is 5.82 Å². The van der Waals surface area contributed by atoms with Gasteiger partial charge in [-0.25, -0.2) is 14.2 Å². The van der Waals surface area contributed by atoms with Crippen LogP contribution in [0.5, 0.6) is 0 Å². The second kappa shape index (κ2) is 6.37. The molecule has 7 heteroatoms. The molecule has 1 fully saturated rings. The van der Waals surface area contributed by atoms with Gasteiger partial charge in [-0.3, -0.25) is 0 Å². The Labute approximate surface area is 129 Å². The molecule has 1 aliphatic rings. The van der Waals surface area contributed by atoms with E-state index in [2.05, 4.69) is 10.3 Å². The second-order valence-corrected chi connectivity index (χ2v) is 6.48. The van der Waals surface area contributed by atoms with E-state index in [4.69, 9.17) is 10.5 Å². The van der Waals surface area contributed by atoms with Crippen molar-refractivity contribution in [1.29, 1.82) is 0 Å². The summed E-state index contributed by atoms with van der Waals surface area (Å²) < 4.78 is 18.3. The molecule has 0 aliphatic carbocycles. The molecular weight excluding hydrogens is 287 g/mol. The number of ether oxygens (including phenoxy) is 1. The molecule has 0 atom stereocenters. The van der Waals surface area contributed by atoms with Crippen LogP contribution in [0.3, 0.4) is 0 Å². The highest BCUT2D eigenvalue weighted by molar-refractivity contribution is 5.68. The zero-order valence-corrected chi connectivity index (χ0v) is 13.2. The van der Waals surface area contributed by atoms with Gasteiger partial charge in [0, 0.05) is 25.2 Å². The lowest BCUT2D eigenvalue weighted by Gasteiger charge is -2.34. The fourth-order valence-electron chi connectivity index (χ4n) is 2.30. The smallest absolute Gasteiger partial charge is 0.410 e. The number of piperidine rings is 1. The van der Waals surface area contributed by atoms with Crippen LogP contribution in [0.1, 0.15) is 33.6 Å². The maximum absolute atomic E-state index is 13.0. The molecule has 22 heavy (non-hydrogen) atoms. The zero-order chi connectivity index (χ0) is 16.3. The molecule has 0 radical (unpaired) electrons. The summed E-state index contributed by atoms with van der Waals surface area (Å²) in [7, 11) is 0. The van der Waals surface area contributed by atoms with Gasteiger partial charge in [-0.2, -0.15) is 0 Å². The predicted molar refractivity (Wildman–Crippen MR) is 83.1 cm³/mol. The maximum atomic E-state index is 13.0. The van der Waals surface area contributed by atoms with Crippen molar-refractivity contribution in [2.75, 3.05) is 24.1 Å². The molecule has 0 unspecified atom stereocenters. The van der Waals surface area contributed by atoms with E-state index < -0.39 is 11.4 Å². The SMILES string of the molecule is CC(C)(C)OC(=O)N1CCC(Nc2ncc(F)cc2N)CC1. The minimum Gasteiger partial charge on any atom is -0.444 e. The number of pyridine rings is 1. The molecule has 1 aromatic heterocycles. The van der Waals surface area contributed by atoms with Gasteiger partial charge in [-0.1, -0.05) is 0 Å². The van der Waals surface area contributed by atoms with Crippen LogP contribution >= 0.6 is 0 Å². The van der Waals surface area contributed by atoms with Crippen molar-refractivity contribution in [3.8, 4) is 0 Å². The zero-order valence-electron chi connectivity index (χ0n) is 13.2. The normalized spacial score (nSPS) is 16.5. The summed E-state index contributed by atoms with van der Waals surface area (Å²) in [5, 5.41) is 3.20. The Balaban J connectivity index is 1.86. The lowest BCUT2D eigenvalue weighted by atomic mass is 10.1. The fourth-order valence-corrected chi connectivity index (χ4v) is 2.30. The van der Waals surface area contributed by atoms with Crippen LogP contribution in [0.15, 0.2) is 12.3 Å². The third-order valence-electron chi connectivity index (χ3n) is 3.37. The summed E-state index contributed by atoms with van der Waals surface area (Å²) in [4.78, 5) is 17.6. The van der Waals surface area contributed by atoms with Crippen LogP contribution in [0.25, 0.3) is 0 Å². The molecule has 1 aromatic rings. The Morgan fingerprint density at radius 3 is 2.64 bits per heavy atom.